The Morgan fingerprint density at radius 1 is 0.560 bits per heavy atom. The van der Waals surface area contributed by atoms with Crippen molar-refractivity contribution in [3.63, 3.8) is 0 Å². The fourth-order valence-corrected chi connectivity index (χ4v) is 3.72. The van der Waals surface area contributed by atoms with Crippen LogP contribution in [0.15, 0.2) is 36.5 Å². The number of pyridine rings is 1. The van der Waals surface area contributed by atoms with Gasteiger partial charge in [-0.2, -0.15) is 0 Å². The van der Waals surface area contributed by atoms with Crippen molar-refractivity contribution in [1.82, 2.24) is 4.98 Å². The molecule has 0 saturated heterocycles. The third-order valence-electron chi connectivity index (χ3n) is 3.47. The van der Waals surface area contributed by atoms with Gasteiger partial charge in [0.05, 0.1) is 40.9 Å². The van der Waals surface area contributed by atoms with Crippen LogP contribution in [0.25, 0.3) is 22.4 Å². The Morgan fingerprint density at radius 3 is 1.68 bits per heavy atom. The monoisotopic (exact) mass is 469 g/mol. The zero-order chi connectivity index (χ0) is 18.3. The molecule has 128 valence electrons. The molecule has 0 aliphatic rings. The van der Waals surface area contributed by atoms with Crippen molar-refractivity contribution in [2.45, 2.75) is 0 Å². The van der Waals surface area contributed by atoms with E-state index in [1.807, 2.05) is 0 Å². The molecule has 8 heteroatoms. The van der Waals surface area contributed by atoms with Crippen LogP contribution in [0, 0.1) is 0 Å². The van der Waals surface area contributed by atoms with Gasteiger partial charge in [-0.05, 0) is 24.3 Å². The summed E-state index contributed by atoms with van der Waals surface area (Å²) in [5.41, 5.74) is 2.37. The van der Waals surface area contributed by atoms with Gasteiger partial charge >= 0.3 is 0 Å². The quantitative estimate of drug-likeness (QED) is 0.339. The first-order valence-electron chi connectivity index (χ1n) is 6.74. The molecule has 1 heterocycles. The number of aromatic nitrogens is 1. The number of hydrogen-bond acceptors (Lipinski definition) is 1. The number of nitrogens with zero attached hydrogens (tertiary/aromatic N) is 1. The Labute approximate surface area is 179 Å². The van der Waals surface area contributed by atoms with Crippen LogP contribution in [0.5, 0.6) is 0 Å². The molecular weight excluding hydrogens is 466 g/mol. The molecule has 25 heavy (non-hydrogen) atoms. The molecule has 0 atom stereocenters. The SMILES string of the molecule is Clc1cnc(-c2ccc(Cl)c(Cl)c2Cl)c(-c2ccc(Cl)c(Cl)c2Cl)c1. The van der Waals surface area contributed by atoms with Gasteiger partial charge in [0.1, 0.15) is 0 Å². The van der Waals surface area contributed by atoms with Gasteiger partial charge in [-0.3, -0.25) is 4.98 Å². The van der Waals surface area contributed by atoms with Crippen LogP contribution in [0.2, 0.25) is 35.2 Å². The van der Waals surface area contributed by atoms with Crippen molar-refractivity contribution in [3.05, 3.63) is 71.7 Å². The minimum Gasteiger partial charge on any atom is -0.254 e. The Hall–Kier alpha value is -0.380. The van der Waals surface area contributed by atoms with Gasteiger partial charge in [-0.25, -0.2) is 0 Å². The molecular formula is C17H6Cl7N. The highest BCUT2D eigenvalue weighted by atomic mass is 35.5. The largest absolute Gasteiger partial charge is 0.254 e. The van der Waals surface area contributed by atoms with Crippen LogP contribution in [0.1, 0.15) is 0 Å². The van der Waals surface area contributed by atoms with Crippen LogP contribution >= 0.6 is 81.2 Å². The van der Waals surface area contributed by atoms with Gasteiger partial charge in [0.15, 0.2) is 0 Å². The van der Waals surface area contributed by atoms with Gasteiger partial charge in [-0.1, -0.05) is 87.3 Å². The molecule has 0 amide bonds. The molecule has 0 N–H and O–H groups in total. The third-order valence-corrected chi connectivity index (χ3v) is 6.26. The predicted octanol–water partition coefficient (Wildman–Crippen LogP) is 8.99. The first kappa shape index (κ1) is 19.4. The molecule has 1 aromatic heterocycles. The molecule has 0 saturated carbocycles. The Bertz CT molecular complexity index is 985. The molecule has 0 bridgehead atoms. The van der Waals surface area contributed by atoms with Crippen molar-refractivity contribution >= 4 is 81.2 Å². The number of halogens is 7. The van der Waals surface area contributed by atoms with E-state index < -0.39 is 0 Å². The summed E-state index contributed by atoms with van der Waals surface area (Å²) >= 11 is 43.2. The summed E-state index contributed by atoms with van der Waals surface area (Å²) in [7, 11) is 0. The molecule has 0 aliphatic carbocycles. The Kier molecular flexibility index (Phi) is 5.97. The fourth-order valence-electron chi connectivity index (χ4n) is 2.30. The summed E-state index contributed by atoms with van der Waals surface area (Å²) in [6.45, 7) is 0. The zero-order valence-corrected chi connectivity index (χ0v) is 17.3. The number of benzene rings is 2. The lowest BCUT2D eigenvalue weighted by atomic mass is 9.99. The highest BCUT2D eigenvalue weighted by molar-refractivity contribution is 6.50. The van der Waals surface area contributed by atoms with Gasteiger partial charge in [0, 0.05) is 22.9 Å². The zero-order valence-electron chi connectivity index (χ0n) is 12.1. The summed E-state index contributed by atoms with van der Waals surface area (Å²) in [5, 5.41) is 2.17. The molecule has 0 spiro atoms. The van der Waals surface area contributed by atoms with Gasteiger partial charge < -0.3 is 0 Å². The second-order valence-corrected chi connectivity index (χ2v) is 7.76. The first-order valence-corrected chi connectivity index (χ1v) is 9.39. The molecule has 0 unspecified atom stereocenters. The van der Waals surface area contributed by atoms with E-state index in [0.717, 1.165) is 0 Å². The van der Waals surface area contributed by atoms with Crippen LogP contribution in [0.4, 0.5) is 0 Å². The summed E-state index contributed by atoms with van der Waals surface area (Å²) < 4.78 is 0. The summed E-state index contributed by atoms with van der Waals surface area (Å²) in [5.74, 6) is 0. The maximum atomic E-state index is 6.37. The third kappa shape index (κ3) is 3.70. The average molecular weight is 472 g/mol. The maximum Gasteiger partial charge on any atom is 0.0797 e. The smallest absolute Gasteiger partial charge is 0.0797 e. The van der Waals surface area contributed by atoms with Crippen molar-refractivity contribution in [2.24, 2.45) is 0 Å². The minimum absolute atomic E-state index is 0.240. The van der Waals surface area contributed by atoms with Gasteiger partial charge in [-0.15, -0.1) is 0 Å². The Balaban J connectivity index is 2.32. The van der Waals surface area contributed by atoms with E-state index in [-0.39, 0.29) is 20.1 Å². The number of rotatable bonds is 2. The summed E-state index contributed by atoms with van der Waals surface area (Å²) in [6, 6.07) is 8.46. The van der Waals surface area contributed by atoms with E-state index in [4.69, 9.17) is 81.2 Å². The molecule has 1 nitrogen and oxygen atoms in total. The lowest BCUT2D eigenvalue weighted by Crippen LogP contribution is -1.92. The van der Waals surface area contributed by atoms with E-state index in [9.17, 15) is 0 Å². The molecule has 0 fully saturated rings. The molecule has 0 radical (unpaired) electrons. The predicted molar refractivity (Wildman–Crippen MR) is 110 cm³/mol. The molecule has 3 aromatic rings. The highest BCUT2D eigenvalue weighted by Crippen LogP contribution is 2.44. The lowest BCUT2D eigenvalue weighted by Gasteiger charge is -2.14. The van der Waals surface area contributed by atoms with Crippen molar-refractivity contribution < 1.29 is 0 Å². The van der Waals surface area contributed by atoms with Crippen LogP contribution in [-0.2, 0) is 0 Å². The minimum atomic E-state index is 0.240. The fraction of sp³-hybridized carbons (Fsp3) is 0. The lowest BCUT2D eigenvalue weighted by molar-refractivity contribution is 1.32. The van der Waals surface area contributed by atoms with Crippen molar-refractivity contribution in [3.8, 4) is 22.4 Å². The van der Waals surface area contributed by atoms with E-state index in [1.165, 1.54) is 6.20 Å². The van der Waals surface area contributed by atoms with Crippen LogP contribution in [0.3, 0.4) is 0 Å². The average Bonchev–Trinajstić information content (AvgIpc) is 2.58. The standard InChI is InChI=1S/C17H6Cl7N/c18-7-5-10(8-1-3-11(19)15(23)13(8)21)17(25-6-7)9-2-4-12(20)16(24)14(9)22/h1-6H. The van der Waals surface area contributed by atoms with E-state index in [2.05, 4.69) is 4.98 Å². The van der Waals surface area contributed by atoms with Gasteiger partial charge in [0.2, 0.25) is 0 Å². The highest BCUT2D eigenvalue weighted by Gasteiger charge is 2.19. The van der Waals surface area contributed by atoms with E-state index in [1.54, 1.807) is 30.3 Å². The van der Waals surface area contributed by atoms with Crippen LogP contribution < -0.4 is 0 Å². The normalized spacial score (nSPS) is 11.0. The maximum absolute atomic E-state index is 6.37. The first-order chi connectivity index (χ1) is 11.8. The Morgan fingerprint density at radius 2 is 1.08 bits per heavy atom. The molecule has 2 aromatic carbocycles. The molecule has 3 rings (SSSR count). The van der Waals surface area contributed by atoms with Crippen molar-refractivity contribution in [2.75, 3.05) is 0 Å². The van der Waals surface area contributed by atoms with Crippen molar-refractivity contribution in [1.29, 1.82) is 0 Å². The topological polar surface area (TPSA) is 12.9 Å². The second kappa shape index (κ2) is 7.70. The second-order valence-electron chi connectivity index (χ2n) is 5.00. The molecule has 0 aliphatic heterocycles. The van der Waals surface area contributed by atoms with Gasteiger partial charge in [0.25, 0.3) is 0 Å². The summed E-state index contributed by atoms with van der Waals surface area (Å²) in [6.07, 6.45) is 1.50. The summed E-state index contributed by atoms with van der Waals surface area (Å²) in [4.78, 5) is 4.40. The van der Waals surface area contributed by atoms with E-state index >= 15 is 0 Å². The number of hydrogen-bond donors (Lipinski definition) is 0. The van der Waals surface area contributed by atoms with Crippen LogP contribution in [-0.4, -0.2) is 4.98 Å². The van der Waals surface area contributed by atoms with E-state index in [0.29, 0.717) is 37.5 Å².